The fraction of sp³-hybridized carbons (Fsp3) is 0.364. The van der Waals surface area contributed by atoms with Crippen LogP contribution < -0.4 is 10.6 Å². The van der Waals surface area contributed by atoms with Gasteiger partial charge in [0.2, 0.25) is 0 Å². The fourth-order valence-corrected chi connectivity index (χ4v) is 3.59. The molecular weight excluding hydrogens is 455 g/mol. The summed E-state index contributed by atoms with van der Waals surface area (Å²) in [5, 5.41) is 6.40. The maximum absolute atomic E-state index is 11.9. The summed E-state index contributed by atoms with van der Waals surface area (Å²) in [7, 11) is 0. The first kappa shape index (κ1) is 24.1. The molecule has 10 heteroatoms. The molecule has 0 spiro atoms. The molecular formula is C22H26Cl2N4O4. The predicted molar refractivity (Wildman–Crippen MR) is 126 cm³/mol. The van der Waals surface area contributed by atoms with Crippen LogP contribution in [0.25, 0.3) is 0 Å². The molecule has 0 radical (unpaired) electrons. The van der Waals surface area contributed by atoms with Crippen LogP contribution >= 0.6 is 23.2 Å². The molecule has 1 aliphatic rings. The van der Waals surface area contributed by atoms with Crippen molar-refractivity contribution in [1.29, 1.82) is 0 Å². The highest BCUT2D eigenvalue weighted by molar-refractivity contribution is 6.31. The van der Waals surface area contributed by atoms with Gasteiger partial charge in [-0.2, -0.15) is 0 Å². The molecule has 0 aliphatic carbocycles. The first-order valence-electron chi connectivity index (χ1n) is 10.3. The molecule has 1 heterocycles. The van der Waals surface area contributed by atoms with Crippen LogP contribution in [0.3, 0.4) is 0 Å². The second-order valence-corrected chi connectivity index (χ2v) is 8.10. The molecule has 0 atom stereocenters. The average Bonchev–Trinajstić information content (AvgIpc) is 2.75. The van der Waals surface area contributed by atoms with Gasteiger partial charge in [-0.25, -0.2) is 9.59 Å². The van der Waals surface area contributed by atoms with Crippen LogP contribution in [0.5, 0.6) is 0 Å². The largest absolute Gasteiger partial charge is 0.448 e. The molecule has 32 heavy (non-hydrogen) atoms. The van der Waals surface area contributed by atoms with Gasteiger partial charge in [0, 0.05) is 60.7 Å². The molecule has 0 unspecified atom stereocenters. The van der Waals surface area contributed by atoms with Crippen molar-refractivity contribution in [3.63, 3.8) is 0 Å². The van der Waals surface area contributed by atoms with Gasteiger partial charge in [0.25, 0.3) is 0 Å². The maximum atomic E-state index is 11.9. The minimum absolute atomic E-state index is 0.305. The number of nitrogens with zero attached hydrogens (tertiary/aromatic N) is 2. The zero-order valence-electron chi connectivity index (χ0n) is 17.6. The van der Waals surface area contributed by atoms with E-state index in [0.717, 1.165) is 26.2 Å². The van der Waals surface area contributed by atoms with Crippen molar-refractivity contribution in [2.75, 3.05) is 63.1 Å². The van der Waals surface area contributed by atoms with Crippen molar-refractivity contribution in [3.8, 4) is 0 Å². The van der Waals surface area contributed by atoms with Gasteiger partial charge in [0.05, 0.1) is 0 Å². The van der Waals surface area contributed by atoms with E-state index in [1.807, 2.05) is 0 Å². The van der Waals surface area contributed by atoms with Crippen molar-refractivity contribution in [1.82, 2.24) is 9.80 Å². The van der Waals surface area contributed by atoms with Gasteiger partial charge < -0.3 is 9.47 Å². The van der Waals surface area contributed by atoms with Gasteiger partial charge in [0.15, 0.2) is 0 Å². The third-order valence-corrected chi connectivity index (χ3v) is 5.36. The topological polar surface area (TPSA) is 83.1 Å². The monoisotopic (exact) mass is 480 g/mol. The smallest absolute Gasteiger partial charge is 0.411 e. The Morgan fingerprint density at radius 1 is 0.750 bits per heavy atom. The number of benzene rings is 2. The van der Waals surface area contributed by atoms with Crippen LogP contribution in [-0.4, -0.2) is 74.5 Å². The van der Waals surface area contributed by atoms with Crippen LogP contribution in [0.4, 0.5) is 21.0 Å². The summed E-state index contributed by atoms with van der Waals surface area (Å²) in [6, 6.07) is 13.8. The van der Waals surface area contributed by atoms with E-state index in [2.05, 4.69) is 20.4 Å². The van der Waals surface area contributed by atoms with E-state index in [-0.39, 0.29) is 0 Å². The highest BCUT2D eigenvalue weighted by atomic mass is 35.5. The van der Waals surface area contributed by atoms with Gasteiger partial charge in [-0.15, -0.1) is 0 Å². The molecule has 3 rings (SSSR count). The van der Waals surface area contributed by atoms with Crippen molar-refractivity contribution < 1.29 is 19.1 Å². The number of ether oxygens (including phenoxy) is 2. The Kier molecular flexibility index (Phi) is 9.43. The number of hydrogen-bond acceptors (Lipinski definition) is 6. The third-order valence-electron chi connectivity index (χ3n) is 4.89. The minimum atomic E-state index is -0.501. The highest BCUT2D eigenvalue weighted by Crippen LogP contribution is 2.16. The number of anilines is 2. The lowest BCUT2D eigenvalue weighted by atomic mass is 10.3. The zero-order valence-corrected chi connectivity index (χ0v) is 19.1. The van der Waals surface area contributed by atoms with E-state index >= 15 is 0 Å². The van der Waals surface area contributed by atoms with Crippen LogP contribution in [-0.2, 0) is 9.47 Å². The molecule has 2 amide bonds. The summed E-state index contributed by atoms with van der Waals surface area (Å²) in [4.78, 5) is 28.2. The summed E-state index contributed by atoms with van der Waals surface area (Å²) in [6.45, 7) is 5.35. The molecule has 1 aliphatic heterocycles. The summed E-state index contributed by atoms with van der Waals surface area (Å²) in [5.74, 6) is 0. The standard InChI is InChI=1S/C22H26Cl2N4O4/c23-17-3-1-5-19(15-17)25-21(29)31-13-11-27-7-9-28(10-8-27)12-14-32-22(30)26-20-6-2-4-18(24)16-20/h1-6,15-16H,7-14H2,(H,25,29)(H,26,30). The second-order valence-electron chi connectivity index (χ2n) is 7.23. The molecule has 2 N–H and O–H groups in total. The number of rotatable bonds is 8. The number of halogens is 2. The van der Waals surface area contributed by atoms with Gasteiger partial charge >= 0.3 is 12.2 Å². The van der Waals surface area contributed by atoms with E-state index < -0.39 is 12.2 Å². The minimum Gasteiger partial charge on any atom is -0.448 e. The first-order chi connectivity index (χ1) is 15.5. The Morgan fingerprint density at radius 3 is 1.53 bits per heavy atom. The predicted octanol–water partition coefficient (Wildman–Crippen LogP) is 4.41. The van der Waals surface area contributed by atoms with Crippen molar-refractivity contribution in [3.05, 3.63) is 58.6 Å². The van der Waals surface area contributed by atoms with E-state index in [9.17, 15) is 9.59 Å². The summed E-state index contributed by atoms with van der Waals surface area (Å²) < 4.78 is 10.5. The van der Waals surface area contributed by atoms with E-state index in [1.165, 1.54) is 0 Å². The third kappa shape index (κ3) is 8.55. The quantitative estimate of drug-likeness (QED) is 0.582. The summed E-state index contributed by atoms with van der Waals surface area (Å²) in [5.41, 5.74) is 1.19. The Balaban J connectivity index is 1.24. The Bertz CT molecular complexity index is 834. The first-order valence-corrected chi connectivity index (χ1v) is 11.1. The lowest BCUT2D eigenvalue weighted by Gasteiger charge is -2.34. The number of carbonyl (C=O) groups excluding carboxylic acids is 2. The Labute approximate surface area is 197 Å². The lowest BCUT2D eigenvalue weighted by Crippen LogP contribution is -2.48. The van der Waals surface area contributed by atoms with Gasteiger partial charge in [0.1, 0.15) is 13.2 Å². The molecule has 1 fully saturated rings. The highest BCUT2D eigenvalue weighted by Gasteiger charge is 2.17. The van der Waals surface area contributed by atoms with Crippen molar-refractivity contribution in [2.45, 2.75) is 0 Å². The molecule has 0 bridgehead atoms. The molecule has 2 aromatic carbocycles. The van der Waals surface area contributed by atoms with Gasteiger partial charge in [-0.05, 0) is 36.4 Å². The zero-order chi connectivity index (χ0) is 22.8. The fourth-order valence-electron chi connectivity index (χ4n) is 3.21. The van der Waals surface area contributed by atoms with Crippen molar-refractivity contribution >= 4 is 46.8 Å². The van der Waals surface area contributed by atoms with Crippen LogP contribution in [0.2, 0.25) is 10.0 Å². The van der Waals surface area contributed by atoms with E-state index in [0.29, 0.717) is 47.7 Å². The normalized spacial score (nSPS) is 14.6. The molecule has 8 nitrogen and oxygen atoms in total. The second kappa shape index (κ2) is 12.5. The van der Waals surface area contributed by atoms with Gasteiger partial charge in [-0.1, -0.05) is 35.3 Å². The van der Waals surface area contributed by atoms with E-state index in [1.54, 1.807) is 48.5 Å². The van der Waals surface area contributed by atoms with Crippen LogP contribution in [0.1, 0.15) is 0 Å². The number of nitrogens with one attached hydrogen (secondary N) is 2. The van der Waals surface area contributed by atoms with Crippen LogP contribution in [0.15, 0.2) is 48.5 Å². The SMILES string of the molecule is O=C(Nc1cccc(Cl)c1)OCCN1CCN(CCOC(=O)Nc2cccc(Cl)c2)CC1. The number of hydrogen-bond donors (Lipinski definition) is 2. The number of piperazine rings is 1. The lowest BCUT2D eigenvalue weighted by molar-refractivity contribution is 0.0849. The maximum Gasteiger partial charge on any atom is 0.411 e. The molecule has 0 aromatic heterocycles. The molecule has 0 saturated carbocycles. The van der Waals surface area contributed by atoms with Gasteiger partial charge in [-0.3, -0.25) is 20.4 Å². The molecule has 1 saturated heterocycles. The van der Waals surface area contributed by atoms with E-state index in [4.69, 9.17) is 32.7 Å². The number of carbonyl (C=O) groups is 2. The van der Waals surface area contributed by atoms with Crippen LogP contribution in [0, 0.1) is 0 Å². The summed E-state index contributed by atoms with van der Waals surface area (Å²) >= 11 is 11.8. The Morgan fingerprint density at radius 2 is 1.16 bits per heavy atom. The molecule has 2 aromatic rings. The summed E-state index contributed by atoms with van der Waals surface area (Å²) in [6.07, 6.45) is -1.00. The number of amides is 2. The average molecular weight is 481 g/mol. The Hall–Kier alpha value is -2.52. The molecule has 172 valence electrons. The van der Waals surface area contributed by atoms with Crippen molar-refractivity contribution in [2.24, 2.45) is 0 Å².